The SMILES string of the molecule is CC/C=C\C/C=C\C/C=C\C/C=C\C/C=C\C/C=C\CCCCCCCCCCCCC(=O)OC(CO)COC(=O)CCCCCCCC/C=C\C/C=C\C/C=C\CCCCC. The van der Waals surface area contributed by atoms with Gasteiger partial charge < -0.3 is 14.6 Å². The van der Waals surface area contributed by atoms with E-state index in [9.17, 15) is 14.7 Å². The van der Waals surface area contributed by atoms with Crippen molar-refractivity contribution in [2.45, 2.75) is 225 Å². The van der Waals surface area contributed by atoms with Crippen LogP contribution in [0.3, 0.4) is 0 Å². The Kier molecular flexibility index (Phi) is 49.0. The van der Waals surface area contributed by atoms with Crippen molar-refractivity contribution in [2.24, 2.45) is 0 Å². The minimum Gasteiger partial charge on any atom is -0.462 e. The molecule has 0 aromatic carbocycles. The van der Waals surface area contributed by atoms with E-state index in [0.717, 1.165) is 96.3 Å². The first-order valence-corrected chi connectivity index (χ1v) is 25.4. The molecule has 5 heteroatoms. The van der Waals surface area contributed by atoms with Crippen molar-refractivity contribution in [1.82, 2.24) is 0 Å². The largest absolute Gasteiger partial charge is 0.462 e. The summed E-state index contributed by atoms with van der Waals surface area (Å²) < 4.78 is 10.7. The van der Waals surface area contributed by atoms with Gasteiger partial charge in [-0.15, -0.1) is 0 Å². The third-order valence-electron chi connectivity index (χ3n) is 10.6. The lowest BCUT2D eigenvalue weighted by Gasteiger charge is -2.15. The van der Waals surface area contributed by atoms with Gasteiger partial charge in [0.05, 0.1) is 6.61 Å². The highest BCUT2D eigenvalue weighted by atomic mass is 16.6. The Bertz CT molecular complexity index is 1250. The summed E-state index contributed by atoms with van der Waals surface area (Å²) in [5.41, 5.74) is 0. The highest BCUT2D eigenvalue weighted by Crippen LogP contribution is 2.14. The van der Waals surface area contributed by atoms with Gasteiger partial charge in [-0.25, -0.2) is 0 Å². The molecular weight excluding hydrogens is 765 g/mol. The van der Waals surface area contributed by atoms with Crippen LogP contribution in [-0.2, 0) is 19.1 Å². The van der Waals surface area contributed by atoms with E-state index in [1.807, 2.05) is 0 Å². The molecule has 0 bridgehead atoms. The minimum atomic E-state index is -0.788. The molecule has 0 radical (unpaired) electrons. The summed E-state index contributed by atoms with van der Waals surface area (Å²) in [6, 6.07) is 0. The smallest absolute Gasteiger partial charge is 0.306 e. The van der Waals surface area contributed by atoms with E-state index >= 15 is 0 Å². The number of carbonyl (C=O) groups excluding carboxylic acids is 2. The maximum atomic E-state index is 12.3. The van der Waals surface area contributed by atoms with Crippen molar-refractivity contribution < 1.29 is 24.2 Å². The lowest BCUT2D eigenvalue weighted by atomic mass is 10.0. The van der Waals surface area contributed by atoms with Gasteiger partial charge in [0.2, 0.25) is 0 Å². The van der Waals surface area contributed by atoms with Crippen molar-refractivity contribution in [2.75, 3.05) is 13.2 Å². The molecule has 5 nitrogen and oxygen atoms in total. The number of hydrogen-bond donors (Lipinski definition) is 1. The second-order valence-corrected chi connectivity index (χ2v) is 16.5. The summed E-state index contributed by atoms with van der Waals surface area (Å²) in [7, 11) is 0. The van der Waals surface area contributed by atoms with Crippen molar-refractivity contribution >= 4 is 11.9 Å². The summed E-state index contributed by atoms with van der Waals surface area (Å²) in [6.07, 6.45) is 74.6. The van der Waals surface area contributed by atoms with E-state index in [2.05, 4.69) is 123 Å². The highest BCUT2D eigenvalue weighted by molar-refractivity contribution is 5.70. The van der Waals surface area contributed by atoms with Crippen LogP contribution in [0.1, 0.15) is 219 Å². The van der Waals surface area contributed by atoms with Gasteiger partial charge >= 0.3 is 11.9 Å². The third-order valence-corrected chi connectivity index (χ3v) is 10.6. The van der Waals surface area contributed by atoms with Crippen LogP contribution in [0.5, 0.6) is 0 Å². The number of hydrogen-bond acceptors (Lipinski definition) is 5. The zero-order valence-electron chi connectivity index (χ0n) is 40.1. The van der Waals surface area contributed by atoms with E-state index in [-0.39, 0.29) is 25.2 Å². The average Bonchev–Trinajstić information content (AvgIpc) is 3.28. The molecule has 0 heterocycles. The monoisotopic (exact) mass is 859 g/mol. The Morgan fingerprint density at radius 2 is 0.694 bits per heavy atom. The van der Waals surface area contributed by atoms with Gasteiger partial charge in [-0.05, 0) is 103 Å². The molecule has 0 saturated heterocycles. The molecule has 0 aromatic rings. The van der Waals surface area contributed by atoms with Crippen LogP contribution in [0.2, 0.25) is 0 Å². The zero-order valence-corrected chi connectivity index (χ0v) is 40.1. The minimum absolute atomic E-state index is 0.0803. The first-order valence-electron chi connectivity index (χ1n) is 25.4. The maximum Gasteiger partial charge on any atom is 0.306 e. The van der Waals surface area contributed by atoms with Crippen molar-refractivity contribution in [3.05, 3.63) is 109 Å². The molecule has 0 aliphatic carbocycles. The fraction of sp³-hybridized carbons (Fsp3) is 0.649. The van der Waals surface area contributed by atoms with Crippen molar-refractivity contribution in [3.8, 4) is 0 Å². The summed E-state index contributed by atoms with van der Waals surface area (Å²) in [5.74, 6) is -0.615. The topological polar surface area (TPSA) is 72.8 Å². The quantitative estimate of drug-likeness (QED) is 0.0375. The molecule has 0 aliphatic heterocycles. The van der Waals surface area contributed by atoms with E-state index in [0.29, 0.717) is 12.8 Å². The van der Waals surface area contributed by atoms with Gasteiger partial charge in [-0.3, -0.25) is 9.59 Å². The van der Waals surface area contributed by atoms with E-state index < -0.39 is 6.10 Å². The Morgan fingerprint density at radius 1 is 0.387 bits per heavy atom. The molecular formula is C57H94O5. The van der Waals surface area contributed by atoms with E-state index in [1.54, 1.807) is 0 Å². The average molecular weight is 859 g/mol. The van der Waals surface area contributed by atoms with Crippen molar-refractivity contribution in [3.63, 3.8) is 0 Å². The molecule has 0 aromatic heterocycles. The zero-order chi connectivity index (χ0) is 44.9. The van der Waals surface area contributed by atoms with E-state index in [4.69, 9.17) is 9.47 Å². The van der Waals surface area contributed by atoms with Gasteiger partial charge in [-0.2, -0.15) is 0 Å². The molecule has 0 amide bonds. The Balaban J connectivity index is 3.58. The van der Waals surface area contributed by atoms with Crippen LogP contribution in [0.15, 0.2) is 109 Å². The number of aliphatic hydroxyl groups is 1. The Labute approximate surface area is 382 Å². The number of allylic oxidation sites excluding steroid dienone is 18. The molecule has 0 saturated carbocycles. The second-order valence-electron chi connectivity index (χ2n) is 16.5. The first-order chi connectivity index (χ1) is 30.6. The number of ether oxygens (including phenoxy) is 2. The molecule has 0 fully saturated rings. The Morgan fingerprint density at radius 3 is 1.05 bits per heavy atom. The molecule has 0 rings (SSSR count). The molecule has 1 atom stereocenters. The standard InChI is InChI=1S/C57H94O5/c1-3-5-7-9-11-13-15-17-19-21-23-24-25-26-27-28-29-30-31-32-34-36-38-40-42-44-46-48-50-52-57(60)62-55(53-58)54-61-56(59)51-49-47-45-43-41-39-37-35-33-22-20-18-16-14-12-10-8-6-4-2/h5,7,11-14,17-20,23-24,26-27,29-30,33,35,55,58H,3-4,6,8-10,15-16,21-22,25,28,31-32,34,36-54H2,1-2H3/b7-5-,13-11-,14-12-,19-17-,20-18-,24-23-,27-26-,30-29-,35-33-. The molecule has 1 unspecified atom stereocenters. The van der Waals surface area contributed by atoms with Gasteiger partial charge in [0, 0.05) is 12.8 Å². The predicted octanol–water partition coefficient (Wildman–Crippen LogP) is 17.0. The van der Waals surface area contributed by atoms with Gasteiger partial charge in [0.15, 0.2) is 6.10 Å². The van der Waals surface area contributed by atoms with Crippen LogP contribution >= 0.6 is 0 Å². The molecule has 1 N–H and O–H groups in total. The first kappa shape index (κ1) is 58.6. The van der Waals surface area contributed by atoms with Crippen LogP contribution in [0.4, 0.5) is 0 Å². The summed E-state index contributed by atoms with van der Waals surface area (Å²) in [4.78, 5) is 24.4. The van der Waals surface area contributed by atoms with Crippen LogP contribution < -0.4 is 0 Å². The van der Waals surface area contributed by atoms with Crippen LogP contribution in [0, 0.1) is 0 Å². The number of unbranched alkanes of at least 4 members (excludes halogenated alkanes) is 19. The van der Waals surface area contributed by atoms with Gasteiger partial charge in [-0.1, -0.05) is 213 Å². The normalized spacial score (nSPS) is 13.1. The molecule has 0 spiro atoms. The maximum absolute atomic E-state index is 12.3. The fourth-order valence-corrected chi connectivity index (χ4v) is 6.74. The Hall–Kier alpha value is -3.44. The van der Waals surface area contributed by atoms with Gasteiger partial charge in [0.1, 0.15) is 6.61 Å². The van der Waals surface area contributed by atoms with Crippen molar-refractivity contribution in [1.29, 1.82) is 0 Å². The van der Waals surface area contributed by atoms with Crippen LogP contribution in [-0.4, -0.2) is 36.4 Å². The number of esters is 2. The molecule has 352 valence electrons. The second kappa shape index (κ2) is 51.9. The summed E-state index contributed by atoms with van der Waals surface area (Å²) in [6.45, 7) is 3.98. The summed E-state index contributed by atoms with van der Waals surface area (Å²) in [5, 5.41) is 9.63. The van der Waals surface area contributed by atoms with E-state index in [1.165, 1.54) is 96.3 Å². The number of carbonyl (C=O) groups is 2. The fourth-order valence-electron chi connectivity index (χ4n) is 6.74. The lowest BCUT2D eigenvalue weighted by molar-refractivity contribution is -0.161. The third kappa shape index (κ3) is 49.2. The number of aliphatic hydroxyl groups excluding tert-OH is 1. The van der Waals surface area contributed by atoms with Gasteiger partial charge in [0.25, 0.3) is 0 Å². The number of rotatable bonds is 45. The molecule has 62 heavy (non-hydrogen) atoms. The summed E-state index contributed by atoms with van der Waals surface area (Å²) >= 11 is 0. The molecule has 0 aliphatic rings. The predicted molar refractivity (Wildman–Crippen MR) is 269 cm³/mol. The highest BCUT2D eigenvalue weighted by Gasteiger charge is 2.16. The lowest BCUT2D eigenvalue weighted by Crippen LogP contribution is -2.28. The van der Waals surface area contributed by atoms with Crippen LogP contribution in [0.25, 0.3) is 0 Å².